The van der Waals surface area contributed by atoms with Gasteiger partial charge in [-0.1, -0.05) is 6.07 Å². The molecule has 0 bridgehead atoms. The number of carbonyl (C=O) groups is 1. The maximum absolute atomic E-state index is 13.1. The molecule has 1 aromatic heterocycles. The Morgan fingerprint density at radius 3 is 2.80 bits per heavy atom. The summed E-state index contributed by atoms with van der Waals surface area (Å²) in [5.74, 6) is -1.14. The van der Waals surface area contributed by atoms with E-state index in [1.54, 1.807) is 18.2 Å². The van der Waals surface area contributed by atoms with Crippen LogP contribution in [0.1, 0.15) is 10.4 Å². The van der Waals surface area contributed by atoms with Crippen LogP contribution in [0.2, 0.25) is 0 Å². The van der Waals surface area contributed by atoms with Crippen molar-refractivity contribution in [2.45, 2.75) is 0 Å². The molecule has 4 nitrogen and oxygen atoms in total. The third-order valence-electron chi connectivity index (χ3n) is 2.81. The number of fused-ring (bicyclic) bond motifs is 1. The van der Waals surface area contributed by atoms with Crippen molar-refractivity contribution in [3.05, 3.63) is 51.3 Å². The molecule has 0 aliphatic heterocycles. The molecule has 20 heavy (non-hydrogen) atoms. The quantitative estimate of drug-likeness (QED) is 0.682. The van der Waals surface area contributed by atoms with Crippen LogP contribution in [0.25, 0.3) is 22.6 Å². The summed E-state index contributed by atoms with van der Waals surface area (Å²) in [6, 6.07) is 8.94. The monoisotopic (exact) mass is 383 g/mol. The second-order valence-corrected chi connectivity index (χ2v) is 5.26. The molecule has 0 radical (unpaired) electrons. The van der Waals surface area contributed by atoms with Gasteiger partial charge in [0.25, 0.3) is 0 Å². The van der Waals surface area contributed by atoms with Crippen molar-refractivity contribution in [1.29, 1.82) is 0 Å². The molecule has 100 valence electrons. The summed E-state index contributed by atoms with van der Waals surface area (Å²) in [6.45, 7) is 0. The Hall–Kier alpha value is -1.96. The molecule has 0 aliphatic rings. The number of carboxylic acids is 1. The van der Waals surface area contributed by atoms with Crippen molar-refractivity contribution in [2.24, 2.45) is 0 Å². The molecule has 0 saturated carbocycles. The molecule has 0 fully saturated rings. The highest BCUT2D eigenvalue weighted by Gasteiger charge is 2.16. The van der Waals surface area contributed by atoms with Crippen LogP contribution in [0.3, 0.4) is 0 Å². The van der Waals surface area contributed by atoms with Crippen LogP contribution in [0.15, 0.2) is 40.8 Å². The lowest BCUT2D eigenvalue weighted by molar-refractivity contribution is 0.0699. The van der Waals surface area contributed by atoms with Crippen LogP contribution >= 0.6 is 22.6 Å². The molecule has 0 saturated heterocycles. The molecule has 1 N–H and O–H groups in total. The van der Waals surface area contributed by atoms with Gasteiger partial charge < -0.3 is 9.52 Å². The Morgan fingerprint density at radius 1 is 1.30 bits per heavy atom. The van der Waals surface area contributed by atoms with E-state index in [2.05, 4.69) is 4.98 Å². The van der Waals surface area contributed by atoms with Gasteiger partial charge in [0.05, 0.1) is 11.1 Å². The fourth-order valence-electron chi connectivity index (χ4n) is 1.90. The number of aromatic carboxylic acids is 1. The molecule has 0 spiro atoms. The Labute approximate surface area is 126 Å². The topological polar surface area (TPSA) is 63.3 Å². The summed E-state index contributed by atoms with van der Waals surface area (Å²) in [5.41, 5.74) is 1.38. The van der Waals surface area contributed by atoms with Crippen LogP contribution in [0.5, 0.6) is 0 Å². The normalized spacial score (nSPS) is 10.9. The maximum atomic E-state index is 13.1. The minimum Gasteiger partial charge on any atom is -0.478 e. The standard InChI is InChI=1S/C14H7FINO3/c15-7-4-5-8(10(16)6-7)13-17-12-9(14(18)19)2-1-3-11(12)20-13/h1-6H,(H,18,19). The predicted molar refractivity (Wildman–Crippen MR) is 79.1 cm³/mol. The predicted octanol–water partition coefficient (Wildman–Crippen LogP) is 3.94. The number of halogens is 2. The van der Waals surface area contributed by atoms with E-state index in [-0.39, 0.29) is 22.8 Å². The summed E-state index contributed by atoms with van der Waals surface area (Å²) in [7, 11) is 0. The van der Waals surface area contributed by atoms with Gasteiger partial charge in [-0.15, -0.1) is 0 Å². The molecule has 0 unspecified atom stereocenters. The molecule has 6 heteroatoms. The average molecular weight is 383 g/mol. The van der Waals surface area contributed by atoms with Crippen molar-refractivity contribution >= 4 is 39.7 Å². The van der Waals surface area contributed by atoms with Crippen LogP contribution in [-0.2, 0) is 0 Å². The van der Waals surface area contributed by atoms with Crippen LogP contribution in [0.4, 0.5) is 4.39 Å². The fraction of sp³-hybridized carbons (Fsp3) is 0. The molecule has 3 rings (SSSR count). The molecule has 3 aromatic rings. The van der Waals surface area contributed by atoms with E-state index in [9.17, 15) is 9.18 Å². The number of hydrogen-bond acceptors (Lipinski definition) is 3. The third kappa shape index (κ3) is 2.15. The first-order valence-corrected chi connectivity index (χ1v) is 6.72. The smallest absolute Gasteiger partial charge is 0.338 e. The highest BCUT2D eigenvalue weighted by Crippen LogP contribution is 2.29. The Kier molecular flexibility index (Phi) is 3.17. The van der Waals surface area contributed by atoms with Gasteiger partial charge in [-0.3, -0.25) is 0 Å². The first-order chi connectivity index (χ1) is 9.56. The number of rotatable bonds is 2. The molecule has 0 aliphatic carbocycles. The maximum Gasteiger partial charge on any atom is 0.338 e. The fourth-order valence-corrected chi connectivity index (χ4v) is 2.61. The lowest BCUT2D eigenvalue weighted by Gasteiger charge is -1.98. The highest BCUT2D eigenvalue weighted by molar-refractivity contribution is 14.1. The van der Waals surface area contributed by atoms with E-state index in [4.69, 9.17) is 9.52 Å². The van der Waals surface area contributed by atoms with Crippen molar-refractivity contribution in [3.8, 4) is 11.5 Å². The van der Waals surface area contributed by atoms with Gasteiger partial charge in [-0.2, -0.15) is 0 Å². The zero-order valence-corrected chi connectivity index (χ0v) is 12.1. The van der Waals surface area contributed by atoms with Gasteiger partial charge in [0.2, 0.25) is 5.89 Å². The number of benzene rings is 2. The van der Waals surface area contributed by atoms with Gasteiger partial charge in [-0.05, 0) is 52.9 Å². The molecular formula is C14H7FINO3. The number of carboxylic acid groups (broad SMARTS) is 1. The summed E-state index contributed by atoms with van der Waals surface area (Å²) in [6.07, 6.45) is 0. The number of nitrogens with zero attached hydrogens (tertiary/aromatic N) is 1. The van der Waals surface area contributed by atoms with Gasteiger partial charge in [-0.25, -0.2) is 14.2 Å². The number of aromatic nitrogens is 1. The summed E-state index contributed by atoms with van der Waals surface area (Å²) in [4.78, 5) is 15.4. The largest absolute Gasteiger partial charge is 0.478 e. The summed E-state index contributed by atoms with van der Waals surface area (Å²) >= 11 is 1.98. The van der Waals surface area contributed by atoms with Crippen LogP contribution in [-0.4, -0.2) is 16.1 Å². The van der Waals surface area contributed by atoms with Crippen LogP contribution < -0.4 is 0 Å². The second kappa shape index (κ2) is 4.86. The minimum atomic E-state index is -1.07. The van der Waals surface area contributed by atoms with Gasteiger partial charge in [0, 0.05) is 3.57 Å². The Bertz CT molecular complexity index is 828. The third-order valence-corrected chi connectivity index (χ3v) is 3.70. The molecule has 0 atom stereocenters. The Balaban J connectivity index is 2.23. The number of hydrogen-bond donors (Lipinski definition) is 1. The zero-order valence-electron chi connectivity index (χ0n) is 9.93. The first-order valence-electron chi connectivity index (χ1n) is 5.64. The average Bonchev–Trinajstić information content (AvgIpc) is 2.81. The molecule has 0 amide bonds. The van der Waals surface area contributed by atoms with E-state index in [0.29, 0.717) is 14.7 Å². The lowest BCUT2D eigenvalue weighted by atomic mass is 10.2. The van der Waals surface area contributed by atoms with Crippen molar-refractivity contribution in [3.63, 3.8) is 0 Å². The zero-order chi connectivity index (χ0) is 14.3. The second-order valence-electron chi connectivity index (χ2n) is 4.10. The van der Waals surface area contributed by atoms with E-state index in [1.807, 2.05) is 22.6 Å². The van der Waals surface area contributed by atoms with E-state index in [0.717, 1.165) is 0 Å². The Morgan fingerprint density at radius 2 is 2.10 bits per heavy atom. The SMILES string of the molecule is O=C(O)c1cccc2oc(-c3ccc(F)cc3I)nc12. The highest BCUT2D eigenvalue weighted by atomic mass is 127. The first kappa shape index (κ1) is 13.0. The van der Waals surface area contributed by atoms with Gasteiger partial charge in [0.15, 0.2) is 5.58 Å². The van der Waals surface area contributed by atoms with Gasteiger partial charge >= 0.3 is 5.97 Å². The molecule has 1 heterocycles. The lowest BCUT2D eigenvalue weighted by Crippen LogP contribution is -1.96. The van der Waals surface area contributed by atoms with Crippen LogP contribution in [0, 0.1) is 9.39 Å². The number of para-hydroxylation sites is 1. The van der Waals surface area contributed by atoms with E-state index < -0.39 is 5.97 Å². The summed E-state index contributed by atoms with van der Waals surface area (Å²) < 4.78 is 19.3. The minimum absolute atomic E-state index is 0.0784. The van der Waals surface area contributed by atoms with Gasteiger partial charge in [0.1, 0.15) is 11.3 Å². The van der Waals surface area contributed by atoms with Crippen molar-refractivity contribution in [1.82, 2.24) is 4.98 Å². The van der Waals surface area contributed by atoms with Crippen molar-refractivity contribution in [2.75, 3.05) is 0 Å². The molecule has 2 aromatic carbocycles. The van der Waals surface area contributed by atoms with E-state index in [1.165, 1.54) is 18.2 Å². The summed E-state index contributed by atoms with van der Waals surface area (Å²) in [5, 5.41) is 9.12. The molecular weight excluding hydrogens is 376 g/mol. The number of oxazole rings is 1. The van der Waals surface area contributed by atoms with Crippen molar-refractivity contribution < 1.29 is 18.7 Å². The van der Waals surface area contributed by atoms with E-state index >= 15 is 0 Å².